The molecule has 1 aliphatic carbocycles. The third kappa shape index (κ3) is 3.02. The number of amides is 1. The van der Waals surface area contributed by atoms with Crippen LogP contribution in [0, 0.1) is 0 Å². The summed E-state index contributed by atoms with van der Waals surface area (Å²) < 4.78 is 0. The van der Waals surface area contributed by atoms with Gasteiger partial charge in [-0.15, -0.1) is 0 Å². The fourth-order valence-electron chi connectivity index (χ4n) is 3.24. The van der Waals surface area contributed by atoms with Crippen molar-refractivity contribution in [1.82, 2.24) is 10.6 Å². The zero-order valence-electron chi connectivity index (χ0n) is 11.6. The van der Waals surface area contributed by atoms with Gasteiger partial charge in [-0.2, -0.15) is 0 Å². The summed E-state index contributed by atoms with van der Waals surface area (Å²) in [7, 11) is 0. The summed E-state index contributed by atoms with van der Waals surface area (Å²) in [6, 6.07) is 8.24. The molecule has 4 heteroatoms. The van der Waals surface area contributed by atoms with E-state index in [-0.39, 0.29) is 24.1 Å². The number of hydrogen-bond donors (Lipinski definition) is 3. The summed E-state index contributed by atoms with van der Waals surface area (Å²) in [5.74, 6) is 0.0682. The predicted octanol–water partition coefficient (Wildman–Crippen LogP) is 1.12. The molecule has 0 aromatic heterocycles. The number of aliphatic hydroxyl groups excluding tert-OH is 1. The predicted molar refractivity (Wildman–Crippen MR) is 77.2 cm³/mol. The molecule has 0 bridgehead atoms. The Kier molecular flexibility index (Phi) is 4.03. The van der Waals surface area contributed by atoms with Crippen LogP contribution in [-0.2, 0) is 17.8 Å². The fraction of sp³-hybridized carbons (Fsp3) is 0.562. The fourth-order valence-corrected chi connectivity index (χ4v) is 3.24. The Hall–Kier alpha value is -1.39. The molecule has 2 aliphatic rings. The van der Waals surface area contributed by atoms with Gasteiger partial charge in [0.2, 0.25) is 5.91 Å². The molecule has 20 heavy (non-hydrogen) atoms. The first-order valence-electron chi connectivity index (χ1n) is 7.51. The second kappa shape index (κ2) is 5.94. The van der Waals surface area contributed by atoms with Gasteiger partial charge in [0.1, 0.15) is 0 Å². The van der Waals surface area contributed by atoms with Gasteiger partial charge in [0.25, 0.3) is 0 Å². The Labute approximate surface area is 119 Å². The lowest BCUT2D eigenvalue weighted by Crippen LogP contribution is -2.51. The van der Waals surface area contributed by atoms with Gasteiger partial charge in [0.05, 0.1) is 12.1 Å². The molecule has 1 aromatic rings. The first kappa shape index (κ1) is 13.6. The van der Waals surface area contributed by atoms with Crippen molar-refractivity contribution in [3.8, 4) is 0 Å². The van der Waals surface area contributed by atoms with Crippen molar-refractivity contribution in [1.29, 1.82) is 0 Å². The molecule has 1 heterocycles. The van der Waals surface area contributed by atoms with E-state index >= 15 is 0 Å². The van der Waals surface area contributed by atoms with Crippen molar-refractivity contribution >= 4 is 5.91 Å². The maximum absolute atomic E-state index is 12.3. The first-order valence-corrected chi connectivity index (χ1v) is 7.51. The van der Waals surface area contributed by atoms with Crippen LogP contribution in [0.4, 0.5) is 0 Å². The highest BCUT2D eigenvalue weighted by molar-refractivity contribution is 5.82. The van der Waals surface area contributed by atoms with E-state index in [4.69, 9.17) is 0 Å². The van der Waals surface area contributed by atoms with Crippen molar-refractivity contribution < 1.29 is 9.90 Å². The number of nitrogens with one attached hydrogen (secondary N) is 2. The molecule has 1 amide bonds. The van der Waals surface area contributed by atoms with Crippen LogP contribution in [0.3, 0.4) is 0 Å². The summed E-state index contributed by atoms with van der Waals surface area (Å²) in [6.07, 6.45) is 4.02. The van der Waals surface area contributed by atoms with Gasteiger partial charge in [0, 0.05) is 12.6 Å². The molecule has 4 nitrogen and oxygen atoms in total. The second-order valence-corrected chi connectivity index (χ2v) is 5.93. The number of hydrogen-bond acceptors (Lipinski definition) is 3. The van der Waals surface area contributed by atoms with Crippen LogP contribution in [0.2, 0.25) is 0 Å². The summed E-state index contributed by atoms with van der Waals surface area (Å²) >= 11 is 0. The molecule has 108 valence electrons. The SMILES string of the molecule is O=C(NC1CCCC(O)C1)[C@@H]1Cc2ccccc2CN1. The molecule has 3 rings (SSSR count). The first-order chi connectivity index (χ1) is 9.72. The van der Waals surface area contributed by atoms with Crippen molar-refractivity contribution in [2.45, 2.75) is 56.8 Å². The summed E-state index contributed by atoms with van der Waals surface area (Å²) in [6.45, 7) is 0.752. The van der Waals surface area contributed by atoms with Crippen LogP contribution in [0.1, 0.15) is 36.8 Å². The molecule has 1 fully saturated rings. The monoisotopic (exact) mass is 274 g/mol. The van der Waals surface area contributed by atoms with E-state index in [9.17, 15) is 9.90 Å². The largest absolute Gasteiger partial charge is 0.393 e. The van der Waals surface area contributed by atoms with Crippen LogP contribution in [0.25, 0.3) is 0 Å². The average Bonchev–Trinajstić information content (AvgIpc) is 2.47. The Morgan fingerprint density at radius 3 is 2.85 bits per heavy atom. The molecule has 1 aromatic carbocycles. The Bertz CT molecular complexity index is 489. The molecule has 1 saturated carbocycles. The van der Waals surface area contributed by atoms with Gasteiger partial charge in [-0.05, 0) is 43.2 Å². The minimum atomic E-state index is -0.255. The molecular weight excluding hydrogens is 252 g/mol. The van der Waals surface area contributed by atoms with Crippen LogP contribution < -0.4 is 10.6 Å². The topological polar surface area (TPSA) is 61.4 Å². The highest BCUT2D eigenvalue weighted by Crippen LogP contribution is 2.20. The average molecular weight is 274 g/mol. The number of carbonyl (C=O) groups is 1. The highest BCUT2D eigenvalue weighted by atomic mass is 16.3. The molecule has 1 aliphatic heterocycles. The van der Waals surface area contributed by atoms with Gasteiger partial charge < -0.3 is 15.7 Å². The van der Waals surface area contributed by atoms with E-state index in [1.807, 2.05) is 12.1 Å². The Morgan fingerprint density at radius 1 is 1.25 bits per heavy atom. The lowest BCUT2D eigenvalue weighted by molar-refractivity contribution is -0.124. The smallest absolute Gasteiger partial charge is 0.237 e. The van der Waals surface area contributed by atoms with Crippen LogP contribution in [0.5, 0.6) is 0 Å². The quantitative estimate of drug-likeness (QED) is 0.757. The third-order valence-corrected chi connectivity index (χ3v) is 4.39. The zero-order chi connectivity index (χ0) is 13.9. The lowest BCUT2D eigenvalue weighted by Gasteiger charge is -2.30. The number of aliphatic hydroxyl groups is 1. The maximum atomic E-state index is 12.3. The van der Waals surface area contributed by atoms with Gasteiger partial charge in [-0.3, -0.25) is 4.79 Å². The Balaban J connectivity index is 1.59. The standard InChI is InChI=1S/C16H22N2O2/c19-14-7-3-6-13(9-14)18-16(20)15-8-11-4-1-2-5-12(11)10-17-15/h1-2,4-5,13-15,17,19H,3,6-10H2,(H,18,20)/t13?,14?,15-/m0/s1. The molecule has 3 N–H and O–H groups in total. The van der Waals surface area contributed by atoms with Crippen LogP contribution in [-0.4, -0.2) is 29.2 Å². The lowest BCUT2D eigenvalue weighted by atomic mass is 9.91. The highest BCUT2D eigenvalue weighted by Gasteiger charge is 2.27. The van der Waals surface area contributed by atoms with Crippen molar-refractivity contribution in [2.75, 3.05) is 0 Å². The summed E-state index contributed by atoms with van der Waals surface area (Å²) in [5, 5.41) is 16.1. The van der Waals surface area contributed by atoms with E-state index < -0.39 is 0 Å². The number of rotatable bonds is 2. The zero-order valence-corrected chi connectivity index (χ0v) is 11.6. The van der Waals surface area contributed by atoms with E-state index in [0.29, 0.717) is 6.42 Å². The van der Waals surface area contributed by atoms with E-state index in [0.717, 1.165) is 32.2 Å². The molecule has 3 atom stereocenters. The normalized spacial score (nSPS) is 29.6. The van der Waals surface area contributed by atoms with Gasteiger partial charge in [-0.1, -0.05) is 24.3 Å². The summed E-state index contributed by atoms with van der Waals surface area (Å²) in [4.78, 5) is 12.3. The van der Waals surface area contributed by atoms with Crippen LogP contribution in [0.15, 0.2) is 24.3 Å². The minimum absolute atomic E-state index is 0.0682. The molecule has 2 unspecified atom stereocenters. The van der Waals surface area contributed by atoms with E-state index in [1.165, 1.54) is 11.1 Å². The van der Waals surface area contributed by atoms with Crippen molar-refractivity contribution in [3.05, 3.63) is 35.4 Å². The van der Waals surface area contributed by atoms with Gasteiger partial charge in [-0.25, -0.2) is 0 Å². The van der Waals surface area contributed by atoms with E-state index in [1.54, 1.807) is 0 Å². The van der Waals surface area contributed by atoms with Gasteiger partial charge >= 0.3 is 0 Å². The second-order valence-electron chi connectivity index (χ2n) is 5.93. The van der Waals surface area contributed by atoms with E-state index in [2.05, 4.69) is 22.8 Å². The summed E-state index contributed by atoms with van der Waals surface area (Å²) in [5.41, 5.74) is 2.54. The maximum Gasteiger partial charge on any atom is 0.237 e. The van der Waals surface area contributed by atoms with Gasteiger partial charge in [0.15, 0.2) is 0 Å². The number of benzene rings is 1. The number of carbonyl (C=O) groups excluding carboxylic acids is 1. The Morgan fingerprint density at radius 2 is 2.05 bits per heavy atom. The number of fused-ring (bicyclic) bond motifs is 1. The molecule has 0 spiro atoms. The molecular formula is C16H22N2O2. The van der Waals surface area contributed by atoms with Crippen LogP contribution >= 0.6 is 0 Å². The molecule has 0 radical (unpaired) electrons. The van der Waals surface area contributed by atoms with Crippen molar-refractivity contribution in [3.63, 3.8) is 0 Å². The third-order valence-electron chi connectivity index (χ3n) is 4.39. The molecule has 0 saturated heterocycles. The minimum Gasteiger partial charge on any atom is -0.393 e. The van der Waals surface area contributed by atoms with Crippen molar-refractivity contribution in [2.24, 2.45) is 0 Å².